The average Bonchev–Trinajstić information content (AvgIpc) is 2.59. The van der Waals surface area contributed by atoms with Crippen LogP contribution in [0.3, 0.4) is 0 Å². The molecule has 0 aliphatic rings. The molecule has 6 nitrogen and oxygen atoms in total. The predicted octanol–water partition coefficient (Wildman–Crippen LogP) is 2.70. The van der Waals surface area contributed by atoms with Crippen molar-refractivity contribution in [1.29, 1.82) is 10.5 Å². The summed E-state index contributed by atoms with van der Waals surface area (Å²) in [5.74, 6) is -0.700. The Morgan fingerprint density at radius 2 is 1.91 bits per heavy atom. The third kappa shape index (κ3) is 3.52. The van der Waals surface area contributed by atoms with Crippen molar-refractivity contribution in [2.24, 2.45) is 0 Å². The summed E-state index contributed by atoms with van der Waals surface area (Å²) in [6.07, 6.45) is 3.18. The minimum absolute atomic E-state index is 0.143. The summed E-state index contributed by atoms with van der Waals surface area (Å²) in [5.41, 5.74) is 1.45. The number of nitriles is 2. The van der Waals surface area contributed by atoms with Gasteiger partial charge in [0, 0.05) is 0 Å². The summed E-state index contributed by atoms with van der Waals surface area (Å²) in [5, 5.41) is 27.1. The van der Waals surface area contributed by atoms with Crippen LogP contribution in [-0.4, -0.2) is 23.2 Å². The minimum Gasteiger partial charge on any atom is -0.495 e. The van der Waals surface area contributed by atoms with Crippen LogP contribution in [0.15, 0.2) is 30.3 Å². The number of rotatable bonds is 4. The average molecular weight is 305 g/mol. The predicted molar refractivity (Wildman–Crippen MR) is 82.5 cm³/mol. The standard InChI is InChI=1S/C17H11N3O3/c1-23-16-7-3-11(8-13(16)10-19)2-5-14-12(9-18)4-6-15(20-14)17(21)22/h2-8H,1H3,(H,21,22)/b5-2+. The van der Waals surface area contributed by atoms with Crippen LogP contribution in [0.4, 0.5) is 0 Å². The number of carbonyl (C=O) groups is 1. The Bertz CT molecular complexity index is 874. The van der Waals surface area contributed by atoms with E-state index in [0.717, 1.165) is 0 Å². The molecule has 6 heteroatoms. The van der Waals surface area contributed by atoms with Crippen LogP contribution in [0.2, 0.25) is 0 Å². The van der Waals surface area contributed by atoms with E-state index in [1.54, 1.807) is 24.3 Å². The van der Waals surface area contributed by atoms with Gasteiger partial charge in [0.15, 0.2) is 0 Å². The first-order chi connectivity index (χ1) is 11.1. The van der Waals surface area contributed by atoms with Crippen LogP contribution in [-0.2, 0) is 0 Å². The first-order valence-corrected chi connectivity index (χ1v) is 6.49. The molecule has 2 rings (SSSR count). The maximum Gasteiger partial charge on any atom is 0.354 e. The van der Waals surface area contributed by atoms with E-state index in [0.29, 0.717) is 16.9 Å². The van der Waals surface area contributed by atoms with Crippen LogP contribution in [0, 0.1) is 22.7 Å². The lowest BCUT2D eigenvalue weighted by Gasteiger charge is -2.03. The van der Waals surface area contributed by atoms with Crippen molar-refractivity contribution in [1.82, 2.24) is 4.98 Å². The Morgan fingerprint density at radius 3 is 2.52 bits per heavy atom. The van der Waals surface area contributed by atoms with Crippen LogP contribution in [0.25, 0.3) is 12.2 Å². The number of aromatic nitrogens is 1. The summed E-state index contributed by atoms with van der Waals surface area (Å²) in [6.45, 7) is 0. The highest BCUT2D eigenvalue weighted by Gasteiger charge is 2.08. The first kappa shape index (κ1) is 15.7. The van der Waals surface area contributed by atoms with Gasteiger partial charge in [0.25, 0.3) is 0 Å². The Hall–Kier alpha value is -3.64. The van der Waals surface area contributed by atoms with Gasteiger partial charge in [0.1, 0.15) is 23.6 Å². The smallest absolute Gasteiger partial charge is 0.354 e. The van der Waals surface area contributed by atoms with E-state index < -0.39 is 5.97 Å². The number of benzene rings is 1. The van der Waals surface area contributed by atoms with Crippen LogP contribution >= 0.6 is 0 Å². The van der Waals surface area contributed by atoms with E-state index in [2.05, 4.69) is 4.98 Å². The molecule has 0 amide bonds. The lowest BCUT2D eigenvalue weighted by atomic mass is 10.1. The molecule has 0 bridgehead atoms. The Kier molecular flexibility index (Phi) is 4.71. The van der Waals surface area contributed by atoms with Crippen molar-refractivity contribution < 1.29 is 14.6 Å². The number of hydrogen-bond donors (Lipinski definition) is 1. The molecule has 0 radical (unpaired) electrons. The van der Waals surface area contributed by atoms with Crippen LogP contribution in [0.1, 0.15) is 32.9 Å². The molecule has 112 valence electrons. The Labute approximate surface area is 132 Å². The van der Waals surface area contributed by atoms with Gasteiger partial charge < -0.3 is 9.84 Å². The van der Waals surface area contributed by atoms with Gasteiger partial charge in [-0.25, -0.2) is 9.78 Å². The molecule has 0 aliphatic carbocycles. The number of hydrogen-bond acceptors (Lipinski definition) is 5. The van der Waals surface area contributed by atoms with Gasteiger partial charge in [-0.2, -0.15) is 10.5 Å². The molecule has 1 aromatic carbocycles. The second-order valence-electron chi connectivity index (χ2n) is 4.45. The molecule has 0 spiro atoms. The fourth-order valence-electron chi connectivity index (χ4n) is 1.91. The second-order valence-corrected chi connectivity index (χ2v) is 4.45. The van der Waals surface area contributed by atoms with Crippen molar-refractivity contribution in [3.05, 3.63) is 58.4 Å². The molecule has 0 fully saturated rings. The summed E-state index contributed by atoms with van der Waals surface area (Å²) in [7, 11) is 1.48. The highest BCUT2D eigenvalue weighted by atomic mass is 16.5. The Balaban J connectivity index is 2.41. The van der Waals surface area contributed by atoms with Crippen molar-refractivity contribution in [3.8, 4) is 17.9 Å². The van der Waals surface area contributed by atoms with Gasteiger partial charge in [-0.05, 0) is 35.9 Å². The number of carboxylic acid groups (broad SMARTS) is 1. The zero-order valence-corrected chi connectivity index (χ0v) is 12.1. The maximum atomic E-state index is 11.0. The van der Waals surface area contributed by atoms with Crippen molar-refractivity contribution in [3.63, 3.8) is 0 Å². The van der Waals surface area contributed by atoms with Gasteiger partial charge in [0.2, 0.25) is 0 Å². The lowest BCUT2D eigenvalue weighted by Crippen LogP contribution is -2.02. The van der Waals surface area contributed by atoms with Crippen molar-refractivity contribution >= 4 is 18.1 Å². The molecule has 0 aliphatic heterocycles. The normalized spacial score (nSPS) is 10.0. The summed E-state index contributed by atoms with van der Waals surface area (Å²) >= 11 is 0. The number of aromatic carboxylic acids is 1. The van der Waals surface area contributed by atoms with E-state index in [9.17, 15) is 4.79 Å². The number of ether oxygens (including phenoxy) is 1. The monoisotopic (exact) mass is 305 g/mol. The highest BCUT2D eigenvalue weighted by Crippen LogP contribution is 2.20. The van der Waals surface area contributed by atoms with E-state index in [4.69, 9.17) is 20.4 Å². The molecule has 0 atom stereocenters. The molecular formula is C17H11N3O3. The third-order valence-electron chi connectivity index (χ3n) is 3.04. The highest BCUT2D eigenvalue weighted by molar-refractivity contribution is 5.86. The molecule has 1 heterocycles. The summed E-state index contributed by atoms with van der Waals surface area (Å²) < 4.78 is 5.07. The minimum atomic E-state index is -1.17. The fourth-order valence-corrected chi connectivity index (χ4v) is 1.91. The van der Waals surface area contributed by atoms with Gasteiger partial charge in [-0.15, -0.1) is 0 Å². The Morgan fingerprint density at radius 1 is 1.17 bits per heavy atom. The molecular weight excluding hydrogens is 294 g/mol. The summed E-state index contributed by atoms with van der Waals surface area (Å²) in [6, 6.07) is 11.7. The van der Waals surface area contributed by atoms with E-state index >= 15 is 0 Å². The van der Waals surface area contributed by atoms with Crippen LogP contribution < -0.4 is 4.74 Å². The van der Waals surface area contributed by atoms with E-state index in [-0.39, 0.29) is 17.0 Å². The number of carboxylic acids is 1. The van der Waals surface area contributed by atoms with E-state index in [1.807, 2.05) is 12.1 Å². The largest absolute Gasteiger partial charge is 0.495 e. The molecule has 0 saturated carbocycles. The molecule has 2 aromatic rings. The number of pyridine rings is 1. The van der Waals surface area contributed by atoms with Crippen molar-refractivity contribution in [2.75, 3.05) is 7.11 Å². The topological polar surface area (TPSA) is 107 Å². The molecule has 23 heavy (non-hydrogen) atoms. The third-order valence-corrected chi connectivity index (χ3v) is 3.04. The van der Waals surface area contributed by atoms with Gasteiger partial charge in [-0.1, -0.05) is 12.1 Å². The van der Waals surface area contributed by atoms with E-state index in [1.165, 1.54) is 25.3 Å². The molecule has 0 saturated heterocycles. The lowest BCUT2D eigenvalue weighted by molar-refractivity contribution is 0.0690. The molecule has 1 aromatic heterocycles. The molecule has 0 unspecified atom stereocenters. The second kappa shape index (κ2) is 6.88. The zero-order valence-electron chi connectivity index (χ0n) is 12.1. The van der Waals surface area contributed by atoms with Gasteiger partial charge in [0.05, 0.1) is 23.9 Å². The molecule has 1 N–H and O–H groups in total. The zero-order chi connectivity index (χ0) is 16.8. The SMILES string of the molecule is COc1ccc(/C=C/c2nc(C(=O)O)ccc2C#N)cc1C#N. The van der Waals surface area contributed by atoms with Crippen molar-refractivity contribution in [2.45, 2.75) is 0 Å². The van der Waals surface area contributed by atoms with Crippen LogP contribution in [0.5, 0.6) is 5.75 Å². The summed E-state index contributed by atoms with van der Waals surface area (Å²) in [4.78, 5) is 14.9. The number of methoxy groups -OCH3 is 1. The fraction of sp³-hybridized carbons (Fsp3) is 0.0588. The van der Waals surface area contributed by atoms with Gasteiger partial charge >= 0.3 is 5.97 Å². The number of nitrogens with zero attached hydrogens (tertiary/aromatic N) is 3. The van der Waals surface area contributed by atoms with Gasteiger partial charge in [-0.3, -0.25) is 0 Å². The first-order valence-electron chi connectivity index (χ1n) is 6.49. The maximum absolute atomic E-state index is 11.0. The quantitative estimate of drug-likeness (QED) is 0.930.